The maximum Gasteiger partial charge on any atom is 0.123 e. The van der Waals surface area contributed by atoms with Gasteiger partial charge in [0.1, 0.15) is 11.4 Å². The van der Waals surface area contributed by atoms with Crippen LogP contribution in [-0.4, -0.2) is 18.3 Å². The molecule has 0 radical (unpaired) electrons. The van der Waals surface area contributed by atoms with Gasteiger partial charge >= 0.3 is 0 Å². The molecule has 0 heterocycles. The Morgan fingerprint density at radius 1 is 1.38 bits per heavy atom. The molecule has 0 aliphatic rings. The molecule has 1 rings (SSSR count). The van der Waals surface area contributed by atoms with Crippen molar-refractivity contribution in [1.29, 1.82) is 0 Å². The monoisotopic (exact) mass is 226 g/mol. The van der Waals surface area contributed by atoms with Gasteiger partial charge in [0, 0.05) is 6.61 Å². The van der Waals surface area contributed by atoms with Crippen LogP contribution in [0, 0.1) is 5.82 Å². The second kappa shape index (κ2) is 5.97. The van der Waals surface area contributed by atoms with Crippen molar-refractivity contribution in [2.24, 2.45) is 0 Å². The third-order valence-electron chi connectivity index (χ3n) is 2.64. The maximum absolute atomic E-state index is 13.1. The van der Waals surface area contributed by atoms with Crippen LogP contribution in [0.3, 0.4) is 0 Å². The van der Waals surface area contributed by atoms with Gasteiger partial charge in [-0.2, -0.15) is 0 Å². The third-order valence-corrected chi connectivity index (χ3v) is 2.64. The lowest BCUT2D eigenvalue weighted by molar-refractivity contribution is -0.0536. The Hall–Kier alpha value is -0.930. The molecule has 1 unspecified atom stereocenters. The Balaban J connectivity index is 2.78. The SMILES string of the molecule is CCCOCC(O)(CC)c1cccc(F)c1. The number of benzene rings is 1. The Morgan fingerprint density at radius 3 is 2.69 bits per heavy atom. The van der Waals surface area contributed by atoms with Crippen LogP contribution in [0.15, 0.2) is 24.3 Å². The van der Waals surface area contributed by atoms with Crippen LogP contribution in [0.5, 0.6) is 0 Å². The molecule has 3 heteroatoms. The molecular weight excluding hydrogens is 207 g/mol. The van der Waals surface area contributed by atoms with Gasteiger partial charge in [-0.25, -0.2) is 4.39 Å². The topological polar surface area (TPSA) is 29.5 Å². The van der Waals surface area contributed by atoms with Crippen molar-refractivity contribution in [3.63, 3.8) is 0 Å². The van der Waals surface area contributed by atoms with Crippen molar-refractivity contribution >= 4 is 0 Å². The number of hydrogen-bond acceptors (Lipinski definition) is 2. The largest absolute Gasteiger partial charge is 0.383 e. The Labute approximate surface area is 96.1 Å². The lowest BCUT2D eigenvalue weighted by Gasteiger charge is -2.27. The fourth-order valence-corrected chi connectivity index (χ4v) is 1.55. The van der Waals surface area contributed by atoms with E-state index in [0.29, 0.717) is 18.6 Å². The van der Waals surface area contributed by atoms with Gasteiger partial charge in [0.25, 0.3) is 0 Å². The zero-order valence-electron chi connectivity index (χ0n) is 9.87. The highest BCUT2D eigenvalue weighted by Gasteiger charge is 2.27. The number of hydrogen-bond donors (Lipinski definition) is 1. The second-order valence-corrected chi connectivity index (χ2v) is 3.95. The van der Waals surface area contributed by atoms with Crippen LogP contribution in [0.25, 0.3) is 0 Å². The molecule has 0 bridgehead atoms. The standard InChI is InChI=1S/C13H19FO2/c1-3-8-16-10-13(15,4-2)11-6-5-7-12(14)9-11/h5-7,9,15H,3-4,8,10H2,1-2H3. The molecule has 0 saturated carbocycles. The zero-order chi connectivity index (χ0) is 12.0. The lowest BCUT2D eigenvalue weighted by atomic mass is 9.92. The Morgan fingerprint density at radius 2 is 2.12 bits per heavy atom. The summed E-state index contributed by atoms with van der Waals surface area (Å²) in [6.07, 6.45) is 1.41. The summed E-state index contributed by atoms with van der Waals surface area (Å²) in [7, 11) is 0. The van der Waals surface area contributed by atoms with Crippen molar-refractivity contribution in [3.05, 3.63) is 35.6 Å². The predicted octanol–water partition coefficient (Wildman–Crippen LogP) is 2.85. The summed E-state index contributed by atoms with van der Waals surface area (Å²) in [5.74, 6) is -0.333. The van der Waals surface area contributed by atoms with Crippen molar-refractivity contribution in [2.45, 2.75) is 32.3 Å². The summed E-state index contributed by atoms with van der Waals surface area (Å²) in [5, 5.41) is 10.4. The fourth-order valence-electron chi connectivity index (χ4n) is 1.55. The van der Waals surface area contributed by atoms with Crippen LogP contribution < -0.4 is 0 Å². The molecular formula is C13H19FO2. The lowest BCUT2D eigenvalue weighted by Crippen LogP contribution is -2.31. The van der Waals surface area contributed by atoms with Gasteiger partial charge in [-0.3, -0.25) is 0 Å². The first-order valence-corrected chi connectivity index (χ1v) is 5.68. The van der Waals surface area contributed by atoms with Gasteiger partial charge in [-0.1, -0.05) is 26.0 Å². The number of ether oxygens (including phenoxy) is 1. The van der Waals surface area contributed by atoms with Crippen LogP contribution in [0.1, 0.15) is 32.3 Å². The number of halogens is 1. The molecule has 0 fully saturated rings. The summed E-state index contributed by atoms with van der Waals surface area (Å²) in [5.41, 5.74) is -0.511. The minimum Gasteiger partial charge on any atom is -0.383 e. The summed E-state index contributed by atoms with van der Waals surface area (Å²) in [4.78, 5) is 0. The Bertz CT molecular complexity index is 327. The first kappa shape index (κ1) is 13.1. The zero-order valence-corrected chi connectivity index (χ0v) is 9.87. The van der Waals surface area contributed by atoms with Crippen molar-refractivity contribution in [1.82, 2.24) is 0 Å². The van der Waals surface area contributed by atoms with Crippen LogP contribution in [0.2, 0.25) is 0 Å². The van der Waals surface area contributed by atoms with E-state index in [1.54, 1.807) is 12.1 Å². The summed E-state index contributed by atoms with van der Waals surface area (Å²) in [6.45, 7) is 4.69. The highest BCUT2D eigenvalue weighted by molar-refractivity contribution is 5.23. The smallest absolute Gasteiger partial charge is 0.123 e. The normalized spacial score (nSPS) is 14.8. The minimum absolute atomic E-state index is 0.209. The van der Waals surface area contributed by atoms with Gasteiger partial charge in [-0.05, 0) is 30.5 Å². The van der Waals surface area contributed by atoms with Crippen molar-refractivity contribution < 1.29 is 14.2 Å². The van der Waals surface area contributed by atoms with E-state index in [0.717, 1.165) is 6.42 Å². The average Bonchev–Trinajstić information content (AvgIpc) is 2.29. The maximum atomic E-state index is 13.1. The Kier molecular flexibility index (Phi) is 4.90. The van der Waals surface area contributed by atoms with Gasteiger partial charge in [0.05, 0.1) is 6.61 Å². The molecule has 0 aliphatic heterocycles. The van der Waals surface area contributed by atoms with E-state index in [2.05, 4.69) is 0 Å². The predicted molar refractivity (Wildman–Crippen MR) is 61.7 cm³/mol. The van der Waals surface area contributed by atoms with Crippen LogP contribution in [-0.2, 0) is 10.3 Å². The molecule has 1 atom stereocenters. The molecule has 1 aromatic rings. The molecule has 90 valence electrons. The first-order valence-electron chi connectivity index (χ1n) is 5.68. The van der Waals surface area contributed by atoms with Gasteiger partial charge in [0.15, 0.2) is 0 Å². The van der Waals surface area contributed by atoms with Crippen LogP contribution >= 0.6 is 0 Å². The van der Waals surface area contributed by atoms with E-state index >= 15 is 0 Å². The number of aliphatic hydroxyl groups is 1. The molecule has 1 aromatic carbocycles. The van der Waals surface area contributed by atoms with Crippen molar-refractivity contribution in [2.75, 3.05) is 13.2 Å². The van der Waals surface area contributed by atoms with E-state index in [4.69, 9.17) is 4.74 Å². The van der Waals surface area contributed by atoms with Crippen molar-refractivity contribution in [3.8, 4) is 0 Å². The van der Waals surface area contributed by atoms with Gasteiger partial charge in [-0.15, -0.1) is 0 Å². The molecule has 0 amide bonds. The molecule has 16 heavy (non-hydrogen) atoms. The van der Waals surface area contributed by atoms with E-state index in [1.807, 2.05) is 13.8 Å². The highest BCUT2D eigenvalue weighted by atomic mass is 19.1. The van der Waals surface area contributed by atoms with E-state index in [9.17, 15) is 9.50 Å². The molecule has 0 saturated heterocycles. The molecule has 0 aliphatic carbocycles. The average molecular weight is 226 g/mol. The molecule has 2 nitrogen and oxygen atoms in total. The summed E-state index contributed by atoms with van der Waals surface area (Å²) in [6, 6.07) is 6.05. The number of rotatable bonds is 6. The summed E-state index contributed by atoms with van der Waals surface area (Å²) < 4.78 is 18.4. The third kappa shape index (κ3) is 3.29. The van der Waals surface area contributed by atoms with Crippen LogP contribution in [0.4, 0.5) is 4.39 Å². The van der Waals surface area contributed by atoms with E-state index < -0.39 is 5.60 Å². The fraction of sp³-hybridized carbons (Fsp3) is 0.538. The van der Waals surface area contributed by atoms with Gasteiger partial charge in [0.2, 0.25) is 0 Å². The molecule has 1 N–H and O–H groups in total. The quantitative estimate of drug-likeness (QED) is 0.756. The van der Waals surface area contributed by atoms with Gasteiger partial charge < -0.3 is 9.84 Å². The van der Waals surface area contributed by atoms with E-state index in [-0.39, 0.29) is 12.4 Å². The highest BCUT2D eigenvalue weighted by Crippen LogP contribution is 2.25. The molecule has 0 spiro atoms. The summed E-state index contributed by atoms with van der Waals surface area (Å²) >= 11 is 0. The second-order valence-electron chi connectivity index (χ2n) is 3.95. The molecule has 0 aromatic heterocycles. The minimum atomic E-state index is -1.09. The van der Waals surface area contributed by atoms with E-state index in [1.165, 1.54) is 12.1 Å². The first-order chi connectivity index (χ1) is 7.62.